The summed E-state index contributed by atoms with van der Waals surface area (Å²) in [6.07, 6.45) is 0.904. The highest BCUT2D eigenvalue weighted by Crippen LogP contribution is 2.21. The van der Waals surface area contributed by atoms with E-state index in [1.807, 2.05) is 30.3 Å². The predicted octanol–water partition coefficient (Wildman–Crippen LogP) is 4.10. The van der Waals surface area contributed by atoms with E-state index in [2.05, 4.69) is 33.2 Å². The molecule has 3 rings (SSSR count). The normalized spacial score (nSPS) is 11.0. The first-order chi connectivity index (χ1) is 14.0. The van der Waals surface area contributed by atoms with Crippen LogP contribution in [-0.2, 0) is 22.5 Å². The van der Waals surface area contributed by atoms with E-state index >= 15 is 0 Å². The maximum Gasteiger partial charge on any atom is 0.262 e. The van der Waals surface area contributed by atoms with Crippen molar-refractivity contribution in [1.29, 1.82) is 0 Å². The summed E-state index contributed by atoms with van der Waals surface area (Å²) in [6.45, 7) is 2.82. The molecule has 0 radical (unpaired) electrons. The minimum Gasteiger partial charge on any atom is -0.383 e. The predicted molar refractivity (Wildman–Crippen MR) is 121 cm³/mol. The zero-order chi connectivity index (χ0) is 20.8. The van der Waals surface area contributed by atoms with E-state index < -0.39 is 0 Å². The van der Waals surface area contributed by atoms with Crippen molar-refractivity contribution in [2.24, 2.45) is 0 Å². The van der Waals surface area contributed by atoms with Gasteiger partial charge in [0.15, 0.2) is 5.16 Å². The van der Waals surface area contributed by atoms with Crippen LogP contribution < -0.4 is 10.9 Å². The molecular formula is C21H22BrN3O3S. The van der Waals surface area contributed by atoms with Crippen molar-refractivity contribution in [2.45, 2.75) is 25.0 Å². The van der Waals surface area contributed by atoms with Gasteiger partial charge in [-0.3, -0.25) is 14.2 Å². The van der Waals surface area contributed by atoms with E-state index in [0.29, 0.717) is 29.2 Å². The van der Waals surface area contributed by atoms with Crippen LogP contribution in [0.5, 0.6) is 0 Å². The highest BCUT2D eigenvalue weighted by Gasteiger charge is 2.14. The Hall–Kier alpha value is -2.16. The Balaban J connectivity index is 1.81. The molecule has 1 heterocycles. The topological polar surface area (TPSA) is 73.2 Å². The SMILES string of the molecule is CCc1cccc(NC(=O)CSc2nc3ccc(Br)cc3c(=O)n2CCOC)c1. The van der Waals surface area contributed by atoms with Crippen molar-refractivity contribution in [3.05, 3.63) is 62.9 Å². The second-order valence-corrected chi connectivity index (χ2v) is 8.25. The number of nitrogens with one attached hydrogen (secondary N) is 1. The minimum atomic E-state index is -0.147. The van der Waals surface area contributed by atoms with Gasteiger partial charge in [-0.2, -0.15) is 0 Å². The number of nitrogens with zero attached hydrogens (tertiary/aromatic N) is 2. The Morgan fingerprint density at radius 3 is 2.86 bits per heavy atom. The van der Waals surface area contributed by atoms with Crippen molar-refractivity contribution in [3.8, 4) is 0 Å². The lowest BCUT2D eigenvalue weighted by atomic mass is 10.1. The molecule has 0 aliphatic rings. The van der Waals surface area contributed by atoms with Gasteiger partial charge in [-0.05, 0) is 42.3 Å². The van der Waals surface area contributed by atoms with Gasteiger partial charge in [-0.15, -0.1) is 0 Å². The zero-order valence-electron chi connectivity index (χ0n) is 16.3. The number of aryl methyl sites for hydroxylation is 1. The molecule has 0 aliphatic carbocycles. The molecule has 8 heteroatoms. The summed E-state index contributed by atoms with van der Waals surface area (Å²) in [5.74, 6) is 0.00403. The number of benzene rings is 2. The van der Waals surface area contributed by atoms with Crippen LogP contribution in [0.2, 0.25) is 0 Å². The molecule has 0 fully saturated rings. The number of hydrogen-bond acceptors (Lipinski definition) is 5. The molecular weight excluding hydrogens is 454 g/mol. The third-order valence-corrected chi connectivity index (χ3v) is 5.82. The average Bonchev–Trinajstić information content (AvgIpc) is 2.72. The molecule has 1 amide bonds. The standard InChI is InChI=1S/C21H22BrN3O3S/c1-3-14-5-4-6-16(11-14)23-19(26)13-29-21-24-18-8-7-15(22)12-17(18)20(27)25(21)9-10-28-2/h4-8,11-12H,3,9-10,13H2,1-2H3,(H,23,26). The minimum absolute atomic E-state index is 0.146. The first-order valence-corrected chi connectivity index (χ1v) is 11.0. The van der Waals surface area contributed by atoms with Gasteiger partial charge >= 0.3 is 0 Å². The molecule has 2 aromatic carbocycles. The summed E-state index contributed by atoms with van der Waals surface area (Å²) < 4.78 is 7.51. The van der Waals surface area contributed by atoms with Crippen LogP contribution in [0.1, 0.15) is 12.5 Å². The quantitative estimate of drug-likeness (QED) is 0.392. The van der Waals surface area contributed by atoms with Gasteiger partial charge in [-0.1, -0.05) is 46.7 Å². The van der Waals surface area contributed by atoms with Crippen molar-refractivity contribution in [3.63, 3.8) is 0 Å². The van der Waals surface area contributed by atoms with Crippen molar-refractivity contribution < 1.29 is 9.53 Å². The van der Waals surface area contributed by atoms with Crippen LogP contribution in [-0.4, -0.2) is 34.9 Å². The number of fused-ring (bicyclic) bond motifs is 1. The average molecular weight is 476 g/mol. The van der Waals surface area contributed by atoms with E-state index in [1.54, 1.807) is 23.8 Å². The monoisotopic (exact) mass is 475 g/mol. The summed E-state index contributed by atoms with van der Waals surface area (Å²) in [5, 5.41) is 3.93. The first-order valence-electron chi connectivity index (χ1n) is 9.22. The molecule has 6 nitrogen and oxygen atoms in total. The number of amides is 1. The molecule has 1 aromatic heterocycles. The van der Waals surface area contributed by atoms with Gasteiger partial charge in [0.2, 0.25) is 5.91 Å². The molecule has 0 spiro atoms. The molecule has 0 saturated carbocycles. The first kappa shape index (κ1) is 21.5. The number of aromatic nitrogens is 2. The molecule has 0 saturated heterocycles. The van der Waals surface area contributed by atoms with Crippen LogP contribution in [0.3, 0.4) is 0 Å². The van der Waals surface area contributed by atoms with Crippen molar-refractivity contribution >= 4 is 50.2 Å². The molecule has 0 bridgehead atoms. The molecule has 0 aliphatic heterocycles. The zero-order valence-corrected chi connectivity index (χ0v) is 18.7. The summed E-state index contributed by atoms with van der Waals surface area (Å²) in [7, 11) is 1.58. The third kappa shape index (κ3) is 5.46. The Kier molecular flexibility index (Phi) is 7.46. The van der Waals surface area contributed by atoms with Gasteiger partial charge < -0.3 is 10.1 Å². The highest BCUT2D eigenvalue weighted by atomic mass is 79.9. The van der Waals surface area contributed by atoms with E-state index in [0.717, 1.165) is 22.1 Å². The number of carbonyl (C=O) groups excluding carboxylic acids is 1. The number of hydrogen-bond donors (Lipinski definition) is 1. The third-order valence-electron chi connectivity index (χ3n) is 4.35. The lowest BCUT2D eigenvalue weighted by molar-refractivity contribution is -0.113. The van der Waals surface area contributed by atoms with Gasteiger partial charge in [0.25, 0.3) is 5.56 Å². The summed E-state index contributed by atoms with van der Waals surface area (Å²) in [5.41, 5.74) is 2.38. The fraction of sp³-hybridized carbons (Fsp3) is 0.286. The molecule has 0 atom stereocenters. The van der Waals surface area contributed by atoms with Crippen LogP contribution >= 0.6 is 27.7 Å². The Labute approximate surface area is 181 Å². The molecule has 152 valence electrons. The Morgan fingerprint density at radius 2 is 2.10 bits per heavy atom. The number of carbonyl (C=O) groups is 1. The lowest BCUT2D eigenvalue weighted by Crippen LogP contribution is -2.26. The molecule has 3 aromatic rings. The largest absolute Gasteiger partial charge is 0.383 e. The smallest absolute Gasteiger partial charge is 0.262 e. The van der Waals surface area contributed by atoms with E-state index in [4.69, 9.17) is 4.74 Å². The molecule has 1 N–H and O–H groups in total. The van der Waals surface area contributed by atoms with Crippen LogP contribution in [0.15, 0.2) is 56.9 Å². The maximum absolute atomic E-state index is 12.9. The van der Waals surface area contributed by atoms with E-state index in [-0.39, 0.29) is 17.2 Å². The number of thioether (sulfide) groups is 1. The number of ether oxygens (including phenoxy) is 1. The number of rotatable bonds is 8. The summed E-state index contributed by atoms with van der Waals surface area (Å²) in [4.78, 5) is 30.0. The van der Waals surface area contributed by atoms with Crippen molar-refractivity contribution in [2.75, 3.05) is 24.8 Å². The number of anilines is 1. The Morgan fingerprint density at radius 1 is 1.28 bits per heavy atom. The summed E-state index contributed by atoms with van der Waals surface area (Å²) >= 11 is 4.64. The maximum atomic E-state index is 12.9. The van der Waals surface area contributed by atoms with Crippen molar-refractivity contribution in [1.82, 2.24) is 9.55 Å². The summed E-state index contributed by atoms with van der Waals surface area (Å²) in [6, 6.07) is 13.2. The fourth-order valence-electron chi connectivity index (χ4n) is 2.86. The van der Waals surface area contributed by atoms with Gasteiger partial charge in [0.05, 0.1) is 29.8 Å². The van der Waals surface area contributed by atoms with Gasteiger partial charge in [0.1, 0.15) is 0 Å². The Bertz CT molecular complexity index is 1080. The molecule has 29 heavy (non-hydrogen) atoms. The number of halogens is 1. The lowest BCUT2D eigenvalue weighted by Gasteiger charge is -2.13. The second-order valence-electron chi connectivity index (χ2n) is 6.40. The number of methoxy groups -OCH3 is 1. The highest BCUT2D eigenvalue weighted by molar-refractivity contribution is 9.10. The fourth-order valence-corrected chi connectivity index (χ4v) is 4.05. The van der Waals surface area contributed by atoms with Crippen LogP contribution in [0.4, 0.5) is 5.69 Å². The van der Waals surface area contributed by atoms with Crippen LogP contribution in [0, 0.1) is 0 Å². The van der Waals surface area contributed by atoms with Crippen LogP contribution in [0.25, 0.3) is 10.9 Å². The van der Waals surface area contributed by atoms with Gasteiger partial charge in [0, 0.05) is 17.3 Å². The van der Waals surface area contributed by atoms with E-state index in [9.17, 15) is 9.59 Å². The van der Waals surface area contributed by atoms with Gasteiger partial charge in [-0.25, -0.2) is 4.98 Å². The van der Waals surface area contributed by atoms with E-state index in [1.165, 1.54) is 11.8 Å². The second kappa shape index (κ2) is 10.0. The molecule has 0 unspecified atom stereocenters.